The zero-order valence-corrected chi connectivity index (χ0v) is 61.2. The molecule has 0 aliphatic rings. The number of unbranched alkanes of at least 4 members (excludes halogenated alkanes) is 39. The van der Waals surface area contributed by atoms with E-state index in [9.17, 15) is 19.4 Å². The number of aliphatic hydroxyl groups is 1. The molecule has 0 radical (unpaired) electrons. The maximum atomic E-state index is 13.1. The number of carbonyl (C=O) groups excluding carboxylic acids is 1. The quantitative estimate of drug-likeness (QED) is 0.0243. The van der Waals surface area contributed by atoms with Crippen LogP contribution in [0.3, 0.4) is 0 Å². The molecule has 0 aliphatic carbocycles. The topological polar surface area (TPSA) is 105 Å². The lowest BCUT2D eigenvalue weighted by Crippen LogP contribution is -2.45. The van der Waals surface area contributed by atoms with Crippen LogP contribution in [0.15, 0.2) is 122 Å². The van der Waals surface area contributed by atoms with Crippen molar-refractivity contribution in [3.8, 4) is 0 Å². The number of nitrogens with one attached hydrogen (secondary N) is 1. The number of hydrogen-bond acceptors (Lipinski definition) is 5. The largest absolute Gasteiger partial charge is 0.472 e. The highest BCUT2D eigenvalue weighted by atomic mass is 31.2. The van der Waals surface area contributed by atoms with Crippen LogP contribution in [0.4, 0.5) is 0 Å². The number of aliphatic hydroxyl groups excluding tert-OH is 1. The molecule has 0 spiro atoms. The predicted molar refractivity (Wildman–Crippen MR) is 401 cm³/mol. The lowest BCUT2D eigenvalue weighted by Gasteiger charge is -2.25. The molecule has 3 unspecified atom stereocenters. The van der Waals surface area contributed by atoms with Gasteiger partial charge in [-0.2, -0.15) is 0 Å². The highest BCUT2D eigenvalue weighted by Gasteiger charge is 2.28. The first-order valence-corrected chi connectivity index (χ1v) is 39.9. The van der Waals surface area contributed by atoms with Gasteiger partial charge in [-0.1, -0.05) is 354 Å². The van der Waals surface area contributed by atoms with E-state index in [4.69, 9.17) is 9.05 Å². The SMILES string of the molecule is CC/C=C\C/C=C\C/C=C\C/C=C\C/C=C\C/C=C\C/C=C\CCCCCCCCCCCCCCCCCCCC(=O)NC(COP(=O)(O)OCC[N+](C)(C)C)C(O)/C=C/CC/C=C/CC/C=C/CCCCCCCCCCCCCCCCCCCCCC. The number of phosphoric ester groups is 1. The molecule has 0 aromatic heterocycles. The summed E-state index contributed by atoms with van der Waals surface area (Å²) in [5.74, 6) is -0.190. The van der Waals surface area contributed by atoms with Crippen LogP contribution in [0.2, 0.25) is 0 Å². The fourth-order valence-corrected chi connectivity index (χ4v) is 11.7. The van der Waals surface area contributed by atoms with Gasteiger partial charge in [-0.3, -0.25) is 13.8 Å². The molecule has 3 atom stereocenters. The number of carbonyl (C=O) groups is 1. The van der Waals surface area contributed by atoms with Crippen molar-refractivity contribution in [2.45, 2.75) is 353 Å². The van der Waals surface area contributed by atoms with Crippen molar-refractivity contribution in [2.75, 3.05) is 40.9 Å². The Bertz CT molecular complexity index is 1900. The molecule has 0 aromatic rings. The van der Waals surface area contributed by atoms with E-state index in [0.29, 0.717) is 17.4 Å². The summed E-state index contributed by atoms with van der Waals surface area (Å²) in [6, 6.07) is -0.878. The highest BCUT2D eigenvalue weighted by Crippen LogP contribution is 2.43. The molecule has 9 heteroatoms. The molecule has 1 amide bonds. The summed E-state index contributed by atoms with van der Waals surface area (Å²) in [7, 11) is 1.55. The van der Waals surface area contributed by atoms with Crippen molar-refractivity contribution in [3.05, 3.63) is 122 Å². The van der Waals surface area contributed by atoms with Crippen LogP contribution in [-0.2, 0) is 18.4 Å². The Kier molecular flexibility index (Phi) is 68.8. The third kappa shape index (κ3) is 74.2. The number of nitrogens with zero attached hydrogens (tertiary/aromatic N) is 1. The van der Waals surface area contributed by atoms with Crippen molar-refractivity contribution in [3.63, 3.8) is 0 Å². The first kappa shape index (κ1) is 87.9. The third-order valence-electron chi connectivity index (χ3n) is 16.9. The molecule has 526 valence electrons. The van der Waals surface area contributed by atoms with E-state index in [-0.39, 0.29) is 19.1 Å². The van der Waals surface area contributed by atoms with E-state index < -0.39 is 20.0 Å². The molecule has 0 heterocycles. The number of rotatable bonds is 70. The number of allylic oxidation sites excluding steroid dienone is 19. The lowest BCUT2D eigenvalue weighted by atomic mass is 10.0. The third-order valence-corrected chi connectivity index (χ3v) is 17.9. The van der Waals surface area contributed by atoms with Crippen LogP contribution in [0.5, 0.6) is 0 Å². The summed E-state index contributed by atoms with van der Waals surface area (Å²) in [4.78, 5) is 23.5. The summed E-state index contributed by atoms with van der Waals surface area (Å²) < 4.78 is 23.8. The van der Waals surface area contributed by atoms with E-state index in [1.165, 1.54) is 231 Å². The average molecular weight is 1290 g/mol. The fourth-order valence-electron chi connectivity index (χ4n) is 11.0. The van der Waals surface area contributed by atoms with Gasteiger partial charge in [0.05, 0.1) is 39.9 Å². The first-order valence-electron chi connectivity index (χ1n) is 38.4. The average Bonchev–Trinajstić information content (AvgIpc) is 3.58. The van der Waals surface area contributed by atoms with E-state index in [2.05, 4.69) is 129 Å². The zero-order valence-electron chi connectivity index (χ0n) is 60.3. The molecule has 0 saturated carbocycles. The summed E-state index contributed by atoms with van der Waals surface area (Å²) in [5.41, 5.74) is 0. The fraction of sp³-hybridized carbons (Fsp3) is 0.744. The van der Waals surface area contributed by atoms with Crippen molar-refractivity contribution in [1.29, 1.82) is 0 Å². The molecule has 8 nitrogen and oxygen atoms in total. The Labute approximate surface area is 564 Å². The van der Waals surface area contributed by atoms with Crippen molar-refractivity contribution in [2.24, 2.45) is 0 Å². The van der Waals surface area contributed by atoms with E-state index in [0.717, 1.165) is 89.9 Å². The first-order chi connectivity index (χ1) is 44.5. The Balaban J connectivity index is 4.07. The number of likely N-dealkylation sites (N-methyl/N-ethyl adjacent to an activating group) is 1. The van der Waals surface area contributed by atoms with Crippen LogP contribution in [0.25, 0.3) is 0 Å². The Morgan fingerprint density at radius 3 is 1.01 bits per heavy atom. The van der Waals surface area contributed by atoms with Gasteiger partial charge in [0, 0.05) is 6.42 Å². The molecule has 0 aromatic carbocycles. The van der Waals surface area contributed by atoms with Gasteiger partial charge in [0.1, 0.15) is 13.2 Å². The minimum absolute atomic E-state index is 0.0502. The molecule has 91 heavy (non-hydrogen) atoms. The maximum Gasteiger partial charge on any atom is 0.472 e. The second-order valence-corrected chi connectivity index (χ2v) is 28.4. The number of amides is 1. The Morgan fingerprint density at radius 1 is 0.385 bits per heavy atom. The Morgan fingerprint density at radius 2 is 0.670 bits per heavy atom. The van der Waals surface area contributed by atoms with Crippen LogP contribution >= 0.6 is 7.82 Å². The summed E-state index contributed by atoms with van der Waals surface area (Å²) in [5, 5.41) is 14.0. The zero-order chi connectivity index (χ0) is 66.2. The molecule has 3 N–H and O–H groups in total. The normalized spacial score (nSPS) is 14.2. The van der Waals surface area contributed by atoms with Gasteiger partial charge in [0.2, 0.25) is 5.91 Å². The second kappa shape index (κ2) is 71.2. The van der Waals surface area contributed by atoms with Gasteiger partial charge in [0.25, 0.3) is 0 Å². The van der Waals surface area contributed by atoms with Crippen LogP contribution in [-0.4, -0.2) is 73.4 Å². The second-order valence-electron chi connectivity index (χ2n) is 27.0. The van der Waals surface area contributed by atoms with E-state index in [1.54, 1.807) is 6.08 Å². The van der Waals surface area contributed by atoms with Crippen LogP contribution in [0, 0.1) is 0 Å². The van der Waals surface area contributed by atoms with Crippen molar-refractivity contribution >= 4 is 13.7 Å². The summed E-state index contributed by atoms with van der Waals surface area (Å²) >= 11 is 0. The maximum absolute atomic E-state index is 13.1. The smallest absolute Gasteiger partial charge is 0.387 e. The minimum atomic E-state index is -4.37. The lowest BCUT2D eigenvalue weighted by molar-refractivity contribution is -0.870. The number of phosphoric acid groups is 1. The van der Waals surface area contributed by atoms with Crippen molar-refractivity contribution < 1.29 is 32.9 Å². The summed E-state index contributed by atoms with van der Waals surface area (Å²) in [6.45, 7) is 4.70. The van der Waals surface area contributed by atoms with Gasteiger partial charge in [-0.05, 0) is 103 Å². The standard InChI is InChI=1S/C82H147N2O6P/c1-6-8-10-12-14-16-18-20-22-24-26-28-30-32-34-36-38-39-40-41-42-43-44-45-46-48-50-52-54-56-58-60-62-64-66-68-70-72-74-76-82(86)83-80(79-90-91(87,88)89-78-77-84(3,4)5)81(85)75-73-71-69-67-65-63-61-59-57-55-53-51-49-47-37-35-33-31-29-27-25-23-21-19-17-15-13-11-9-7-2/h8,10,14,16,20,22,26,28,32,34,38-39,41-42,57,59,65,67,73,75,80-81,85H,6-7,9,11-13,15,17-19,21,23-25,27,29-31,33,35-37,40,43-56,58,60-64,66,68-72,74,76-79H2,1-5H3,(H-,83,86,87,88)/p+1/b10-8-,16-14-,22-20-,28-26-,34-32-,39-38-,42-41-,59-57+,67-65+,75-73+. The minimum Gasteiger partial charge on any atom is -0.387 e. The van der Waals surface area contributed by atoms with Gasteiger partial charge in [0.15, 0.2) is 0 Å². The summed E-state index contributed by atoms with van der Waals surface area (Å²) in [6.07, 6.45) is 107. The Hall–Kier alpha value is -3.10. The van der Waals surface area contributed by atoms with Gasteiger partial charge >= 0.3 is 7.82 Å². The molecular weight excluding hydrogens is 1140 g/mol. The molecule has 0 bridgehead atoms. The number of hydrogen-bond donors (Lipinski definition) is 3. The van der Waals surface area contributed by atoms with Gasteiger partial charge < -0.3 is 19.8 Å². The molecular formula is C82H148N2O6P+. The number of quaternary nitrogens is 1. The van der Waals surface area contributed by atoms with E-state index in [1.807, 2.05) is 27.2 Å². The molecule has 0 aliphatic heterocycles. The van der Waals surface area contributed by atoms with Crippen molar-refractivity contribution in [1.82, 2.24) is 5.32 Å². The van der Waals surface area contributed by atoms with E-state index >= 15 is 0 Å². The predicted octanol–water partition coefficient (Wildman–Crippen LogP) is 25.2. The van der Waals surface area contributed by atoms with Crippen LogP contribution in [0.1, 0.15) is 341 Å². The van der Waals surface area contributed by atoms with Gasteiger partial charge in [-0.15, -0.1) is 0 Å². The van der Waals surface area contributed by atoms with Crippen LogP contribution < -0.4 is 5.32 Å². The monoisotopic (exact) mass is 1290 g/mol. The molecule has 0 saturated heterocycles. The molecule has 0 rings (SSSR count). The molecule has 0 fully saturated rings. The highest BCUT2D eigenvalue weighted by molar-refractivity contribution is 7.47. The van der Waals surface area contributed by atoms with Gasteiger partial charge in [-0.25, -0.2) is 4.57 Å².